The molecule has 0 saturated carbocycles. The molecule has 2 aromatic rings. The van der Waals surface area contributed by atoms with E-state index < -0.39 is 0 Å². The van der Waals surface area contributed by atoms with Gasteiger partial charge in [0, 0.05) is 17.1 Å². The molecular formula is C17H22FNO2. The molecule has 0 aliphatic heterocycles. The van der Waals surface area contributed by atoms with Gasteiger partial charge in [-0.15, -0.1) is 0 Å². The van der Waals surface area contributed by atoms with Crippen molar-refractivity contribution in [2.45, 2.75) is 39.5 Å². The molecule has 114 valence electrons. The third kappa shape index (κ3) is 3.84. The summed E-state index contributed by atoms with van der Waals surface area (Å²) in [4.78, 5) is 14.9. The number of hydrogen-bond acceptors (Lipinski definition) is 2. The van der Waals surface area contributed by atoms with Crippen molar-refractivity contribution in [1.29, 1.82) is 0 Å². The van der Waals surface area contributed by atoms with Gasteiger partial charge in [0.15, 0.2) is 0 Å². The normalized spacial score (nSPS) is 11.2. The van der Waals surface area contributed by atoms with Crippen LogP contribution in [-0.2, 0) is 16.0 Å². The predicted octanol–water partition coefficient (Wildman–Crippen LogP) is 4.22. The highest BCUT2D eigenvalue weighted by molar-refractivity contribution is 5.83. The lowest BCUT2D eigenvalue weighted by Gasteiger charge is -2.11. The van der Waals surface area contributed by atoms with Crippen LogP contribution in [0.2, 0.25) is 0 Å². The maximum Gasteiger partial charge on any atom is 0.308 e. The van der Waals surface area contributed by atoms with E-state index in [9.17, 15) is 9.18 Å². The van der Waals surface area contributed by atoms with Gasteiger partial charge < -0.3 is 9.72 Å². The van der Waals surface area contributed by atoms with Gasteiger partial charge in [-0.25, -0.2) is 4.39 Å². The Morgan fingerprint density at radius 1 is 1.33 bits per heavy atom. The van der Waals surface area contributed by atoms with Gasteiger partial charge in [0.1, 0.15) is 5.82 Å². The van der Waals surface area contributed by atoms with Crippen molar-refractivity contribution in [2.75, 3.05) is 6.61 Å². The SMILES string of the molecule is CCC(CC)C(=O)OCCCc1c[nH]c2ccc(F)cc12. The van der Waals surface area contributed by atoms with E-state index in [1.54, 1.807) is 6.07 Å². The van der Waals surface area contributed by atoms with Gasteiger partial charge in [-0.3, -0.25) is 4.79 Å². The average molecular weight is 291 g/mol. The predicted molar refractivity (Wildman–Crippen MR) is 81.6 cm³/mol. The summed E-state index contributed by atoms with van der Waals surface area (Å²) in [5, 5.41) is 0.904. The van der Waals surface area contributed by atoms with Crippen molar-refractivity contribution < 1.29 is 13.9 Å². The molecule has 2 rings (SSSR count). The Morgan fingerprint density at radius 3 is 2.81 bits per heavy atom. The van der Waals surface area contributed by atoms with Crippen LogP contribution in [0.1, 0.15) is 38.7 Å². The van der Waals surface area contributed by atoms with Crippen LogP contribution >= 0.6 is 0 Å². The fourth-order valence-electron chi connectivity index (χ4n) is 2.53. The zero-order valence-electron chi connectivity index (χ0n) is 12.6. The monoisotopic (exact) mass is 291 g/mol. The molecule has 0 amide bonds. The summed E-state index contributed by atoms with van der Waals surface area (Å²) >= 11 is 0. The second-order valence-corrected chi connectivity index (χ2v) is 5.29. The number of hydrogen-bond donors (Lipinski definition) is 1. The molecule has 1 N–H and O–H groups in total. The largest absolute Gasteiger partial charge is 0.465 e. The summed E-state index contributed by atoms with van der Waals surface area (Å²) in [7, 11) is 0. The first-order valence-corrected chi connectivity index (χ1v) is 7.57. The number of carbonyl (C=O) groups is 1. The van der Waals surface area contributed by atoms with Crippen molar-refractivity contribution in [1.82, 2.24) is 4.98 Å². The number of ether oxygens (including phenoxy) is 1. The molecule has 0 atom stereocenters. The Hall–Kier alpha value is -1.84. The number of rotatable bonds is 7. The molecular weight excluding hydrogens is 269 g/mol. The van der Waals surface area contributed by atoms with Gasteiger partial charge in [-0.2, -0.15) is 0 Å². The van der Waals surface area contributed by atoms with Crippen LogP contribution in [0.25, 0.3) is 10.9 Å². The van der Waals surface area contributed by atoms with Crippen molar-refractivity contribution in [3.05, 3.63) is 35.8 Å². The summed E-state index contributed by atoms with van der Waals surface area (Å²) in [5.74, 6) is -0.333. The zero-order chi connectivity index (χ0) is 15.2. The number of aryl methyl sites for hydroxylation is 1. The number of aromatic amines is 1. The third-order valence-corrected chi connectivity index (χ3v) is 3.88. The minimum atomic E-state index is -0.233. The number of nitrogens with one attached hydrogen (secondary N) is 1. The van der Waals surface area contributed by atoms with E-state index in [0.717, 1.165) is 42.1 Å². The summed E-state index contributed by atoms with van der Waals surface area (Å²) < 4.78 is 18.6. The lowest BCUT2D eigenvalue weighted by molar-refractivity contribution is -0.148. The highest BCUT2D eigenvalue weighted by Gasteiger charge is 2.15. The highest BCUT2D eigenvalue weighted by Crippen LogP contribution is 2.20. The van der Waals surface area contributed by atoms with E-state index in [1.165, 1.54) is 12.1 Å². The minimum absolute atomic E-state index is 0.00665. The molecule has 3 nitrogen and oxygen atoms in total. The Balaban J connectivity index is 1.85. The van der Waals surface area contributed by atoms with Gasteiger partial charge in [-0.05, 0) is 49.4 Å². The fourth-order valence-corrected chi connectivity index (χ4v) is 2.53. The van der Waals surface area contributed by atoms with Crippen LogP contribution in [0.3, 0.4) is 0 Å². The molecule has 0 unspecified atom stereocenters. The highest BCUT2D eigenvalue weighted by atomic mass is 19.1. The maximum atomic E-state index is 13.3. The van der Waals surface area contributed by atoms with E-state index in [2.05, 4.69) is 4.98 Å². The summed E-state index contributed by atoms with van der Waals surface area (Å²) in [6, 6.07) is 4.72. The molecule has 0 spiro atoms. The van der Waals surface area contributed by atoms with Crippen molar-refractivity contribution >= 4 is 16.9 Å². The summed E-state index contributed by atoms with van der Waals surface area (Å²) in [6.07, 6.45) is 5.04. The lowest BCUT2D eigenvalue weighted by atomic mass is 10.0. The first kappa shape index (κ1) is 15.5. The van der Waals surface area contributed by atoms with Gasteiger partial charge in [0.25, 0.3) is 0 Å². The van der Waals surface area contributed by atoms with E-state index in [0.29, 0.717) is 6.61 Å². The zero-order valence-corrected chi connectivity index (χ0v) is 12.6. The number of benzene rings is 1. The molecule has 0 bridgehead atoms. The molecule has 0 fully saturated rings. The van der Waals surface area contributed by atoms with Crippen LogP contribution in [0, 0.1) is 11.7 Å². The number of fused-ring (bicyclic) bond motifs is 1. The van der Waals surface area contributed by atoms with Gasteiger partial charge in [0.05, 0.1) is 12.5 Å². The van der Waals surface area contributed by atoms with Crippen molar-refractivity contribution in [3.8, 4) is 0 Å². The van der Waals surface area contributed by atoms with E-state index in [-0.39, 0.29) is 17.7 Å². The second kappa shape index (κ2) is 7.25. The Bertz CT molecular complexity index is 602. The fraction of sp³-hybridized carbons (Fsp3) is 0.471. The van der Waals surface area contributed by atoms with Crippen LogP contribution in [-0.4, -0.2) is 17.6 Å². The van der Waals surface area contributed by atoms with Crippen LogP contribution in [0.15, 0.2) is 24.4 Å². The van der Waals surface area contributed by atoms with E-state index >= 15 is 0 Å². The molecule has 0 aliphatic rings. The van der Waals surface area contributed by atoms with Gasteiger partial charge in [-0.1, -0.05) is 13.8 Å². The first-order chi connectivity index (χ1) is 10.2. The number of carbonyl (C=O) groups excluding carboxylic acids is 1. The lowest BCUT2D eigenvalue weighted by Crippen LogP contribution is -2.17. The number of esters is 1. The van der Waals surface area contributed by atoms with E-state index in [4.69, 9.17) is 4.74 Å². The van der Waals surface area contributed by atoms with E-state index in [1.807, 2.05) is 20.0 Å². The quantitative estimate of drug-likeness (QED) is 0.613. The molecule has 0 saturated heterocycles. The summed E-state index contributed by atoms with van der Waals surface area (Å²) in [5.41, 5.74) is 1.99. The molecule has 0 radical (unpaired) electrons. The first-order valence-electron chi connectivity index (χ1n) is 7.57. The number of aromatic nitrogens is 1. The van der Waals surface area contributed by atoms with Gasteiger partial charge >= 0.3 is 5.97 Å². The molecule has 1 aromatic heterocycles. The van der Waals surface area contributed by atoms with Crippen molar-refractivity contribution in [3.63, 3.8) is 0 Å². The Labute approximate surface area is 124 Å². The Morgan fingerprint density at radius 2 is 2.10 bits per heavy atom. The summed E-state index contributed by atoms with van der Waals surface area (Å²) in [6.45, 7) is 4.41. The Kier molecular flexibility index (Phi) is 5.37. The molecule has 0 aliphatic carbocycles. The number of halogens is 1. The maximum absolute atomic E-state index is 13.3. The van der Waals surface area contributed by atoms with Crippen LogP contribution < -0.4 is 0 Å². The average Bonchev–Trinajstić information content (AvgIpc) is 2.87. The second-order valence-electron chi connectivity index (χ2n) is 5.29. The molecule has 4 heteroatoms. The molecule has 1 aromatic carbocycles. The minimum Gasteiger partial charge on any atom is -0.465 e. The molecule has 1 heterocycles. The van der Waals surface area contributed by atoms with Crippen molar-refractivity contribution in [2.24, 2.45) is 5.92 Å². The third-order valence-electron chi connectivity index (χ3n) is 3.88. The van der Waals surface area contributed by atoms with Gasteiger partial charge in [0.2, 0.25) is 0 Å². The van der Waals surface area contributed by atoms with Crippen LogP contribution in [0.4, 0.5) is 4.39 Å². The molecule has 21 heavy (non-hydrogen) atoms. The standard InChI is InChI=1S/C17H22FNO2/c1-3-12(4-2)17(20)21-9-5-6-13-11-19-16-8-7-14(18)10-15(13)16/h7-8,10-12,19H,3-6,9H2,1-2H3. The smallest absolute Gasteiger partial charge is 0.308 e. The topological polar surface area (TPSA) is 42.1 Å². The number of H-pyrrole nitrogens is 1. The van der Waals surface area contributed by atoms with Crippen LogP contribution in [0.5, 0.6) is 0 Å².